The number of fused-ring (bicyclic) bond motifs is 1. The number of furan rings is 1. The lowest BCUT2D eigenvalue weighted by atomic mass is 10.2. The number of amides is 2. The molecule has 8 nitrogen and oxygen atoms in total. The van der Waals surface area contributed by atoms with Crippen LogP contribution in [0.15, 0.2) is 77.0 Å². The number of hydrogen-bond donors (Lipinski definition) is 3. The number of aromatic nitrogens is 2. The SMILES string of the molecule is COc1ccc(C(=O)N/C(=C\c2ccco2)C(=O)NCCc2nc3ccccc3[nH]2)cc1. The maximum atomic E-state index is 12.8. The minimum Gasteiger partial charge on any atom is -0.497 e. The first-order chi connectivity index (χ1) is 15.6. The summed E-state index contributed by atoms with van der Waals surface area (Å²) >= 11 is 0. The van der Waals surface area contributed by atoms with Gasteiger partial charge in [0.25, 0.3) is 11.8 Å². The van der Waals surface area contributed by atoms with Gasteiger partial charge in [0.2, 0.25) is 0 Å². The molecule has 0 unspecified atom stereocenters. The van der Waals surface area contributed by atoms with Crippen molar-refractivity contribution in [2.24, 2.45) is 0 Å². The highest BCUT2D eigenvalue weighted by Gasteiger charge is 2.15. The molecular weight excluding hydrogens is 408 g/mol. The molecule has 4 aromatic rings. The largest absolute Gasteiger partial charge is 0.497 e. The second-order valence-corrected chi connectivity index (χ2v) is 6.96. The number of methoxy groups -OCH3 is 1. The van der Waals surface area contributed by atoms with Crippen molar-refractivity contribution in [3.05, 3.63) is 89.8 Å². The minimum absolute atomic E-state index is 0.0744. The van der Waals surface area contributed by atoms with Crippen LogP contribution in [0.3, 0.4) is 0 Å². The lowest BCUT2D eigenvalue weighted by Gasteiger charge is -2.11. The van der Waals surface area contributed by atoms with Crippen molar-refractivity contribution in [1.29, 1.82) is 0 Å². The zero-order valence-corrected chi connectivity index (χ0v) is 17.4. The van der Waals surface area contributed by atoms with Crippen molar-refractivity contribution >= 4 is 28.9 Å². The van der Waals surface area contributed by atoms with Crippen molar-refractivity contribution in [2.45, 2.75) is 6.42 Å². The molecule has 2 heterocycles. The van der Waals surface area contributed by atoms with Gasteiger partial charge >= 0.3 is 0 Å². The molecule has 2 amide bonds. The van der Waals surface area contributed by atoms with Gasteiger partial charge in [-0.25, -0.2) is 4.98 Å². The Morgan fingerprint density at radius 1 is 1.09 bits per heavy atom. The molecule has 0 saturated carbocycles. The molecule has 8 heteroatoms. The minimum atomic E-state index is -0.431. The molecule has 0 fully saturated rings. The number of imidazole rings is 1. The van der Waals surface area contributed by atoms with E-state index in [4.69, 9.17) is 9.15 Å². The fraction of sp³-hybridized carbons (Fsp3) is 0.125. The van der Waals surface area contributed by atoms with Crippen LogP contribution >= 0.6 is 0 Å². The van der Waals surface area contributed by atoms with Crippen molar-refractivity contribution in [3.8, 4) is 5.75 Å². The Hall–Kier alpha value is -4.33. The smallest absolute Gasteiger partial charge is 0.267 e. The first-order valence-electron chi connectivity index (χ1n) is 10.0. The quantitative estimate of drug-likeness (QED) is 0.372. The lowest BCUT2D eigenvalue weighted by Crippen LogP contribution is -2.35. The Bertz CT molecular complexity index is 1210. The molecule has 2 aromatic heterocycles. The lowest BCUT2D eigenvalue weighted by molar-refractivity contribution is -0.117. The van der Waals surface area contributed by atoms with E-state index in [1.165, 1.54) is 12.3 Å². The van der Waals surface area contributed by atoms with Crippen LogP contribution in [0.4, 0.5) is 0 Å². The van der Waals surface area contributed by atoms with E-state index in [0.717, 1.165) is 16.9 Å². The number of ether oxygens (including phenoxy) is 1. The summed E-state index contributed by atoms with van der Waals surface area (Å²) in [5, 5.41) is 5.48. The highest BCUT2D eigenvalue weighted by molar-refractivity contribution is 6.05. The molecule has 0 aliphatic heterocycles. The normalized spacial score (nSPS) is 11.3. The molecule has 4 rings (SSSR count). The molecule has 0 atom stereocenters. The van der Waals surface area contributed by atoms with Crippen LogP contribution in [-0.4, -0.2) is 35.4 Å². The topological polar surface area (TPSA) is 109 Å². The van der Waals surface area contributed by atoms with Crippen molar-refractivity contribution in [3.63, 3.8) is 0 Å². The maximum absolute atomic E-state index is 12.8. The van der Waals surface area contributed by atoms with E-state index in [1.54, 1.807) is 43.5 Å². The van der Waals surface area contributed by atoms with Gasteiger partial charge in [-0.15, -0.1) is 0 Å². The molecule has 162 valence electrons. The zero-order chi connectivity index (χ0) is 22.3. The van der Waals surface area contributed by atoms with Crippen molar-refractivity contribution in [2.75, 3.05) is 13.7 Å². The predicted octanol–water partition coefficient (Wildman–Crippen LogP) is 3.29. The van der Waals surface area contributed by atoms with Gasteiger partial charge in [0.05, 0.1) is 24.4 Å². The van der Waals surface area contributed by atoms with Crippen LogP contribution in [-0.2, 0) is 11.2 Å². The van der Waals surface area contributed by atoms with Gasteiger partial charge in [-0.05, 0) is 48.5 Å². The molecule has 3 N–H and O–H groups in total. The monoisotopic (exact) mass is 430 g/mol. The van der Waals surface area contributed by atoms with Crippen LogP contribution in [0.25, 0.3) is 17.1 Å². The van der Waals surface area contributed by atoms with E-state index in [9.17, 15) is 9.59 Å². The number of nitrogens with zero attached hydrogens (tertiary/aromatic N) is 1. The molecular formula is C24H22N4O4. The number of hydrogen-bond acceptors (Lipinski definition) is 5. The maximum Gasteiger partial charge on any atom is 0.267 e. The summed E-state index contributed by atoms with van der Waals surface area (Å²) < 4.78 is 10.4. The van der Waals surface area contributed by atoms with Gasteiger partial charge in [0.1, 0.15) is 23.0 Å². The Morgan fingerprint density at radius 3 is 2.62 bits per heavy atom. The third-order valence-electron chi connectivity index (χ3n) is 4.76. The van der Waals surface area contributed by atoms with E-state index in [0.29, 0.717) is 30.0 Å². The molecule has 2 aromatic carbocycles. The van der Waals surface area contributed by atoms with E-state index in [2.05, 4.69) is 20.6 Å². The fourth-order valence-corrected chi connectivity index (χ4v) is 3.12. The molecule has 0 saturated heterocycles. The first-order valence-corrected chi connectivity index (χ1v) is 10.0. The summed E-state index contributed by atoms with van der Waals surface area (Å²) in [5.41, 5.74) is 2.29. The summed E-state index contributed by atoms with van der Waals surface area (Å²) in [5.74, 6) is 1.00. The first kappa shape index (κ1) is 20.9. The molecule has 0 spiro atoms. The third kappa shape index (κ3) is 5.04. The molecule has 32 heavy (non-hydrogen) atoms. The van der Waals surface area contributed by atoms with Gasteiger partial charge < -0.3 is 24.8 Å². The number of rotatable bonds is 8. The van der Waals surface area contributed by atoms with Crippen LogP contribution < -0.4 is 15.4 Å². The van der Waals surface area contributed by atoms with Gasteiger partial charge in [-0.2, -0.15) is 0 Å². The molecule has 0 aliphatic rings. The number of para-hydroxylation sites is 2. The summed E-state index contributed by atoms with van der Waals surface area (Å²) in [6, 6.07) is 17.7. The fourth-order valence-electron chi connectivity index (χ4n) is 3.12. The zero-order valence-electron chi connectivity index (χ0n) is 17.4. The standard InChI is InChI=1S/C24H22N4O4/c1-31-17-10-8-16(9-11-17)23(29)28-21(15-18-5-4-14-32-18)24(30)25-13-12-22-26-19-6-2-3-7-20(19)27-22/h2-11,14-15H,12-13H2,1H3,(H,25,30)(H,26,27)(H,28,29)/b21-15-. The van der Waals surface area contributed by atoms with Crippen LogP contribution in [0.5, 0.6) is 5.75 Å². The number of aromatic amines is 1. The highest BCUT2D eigenvalue weighted by atomic mass is 16.5. The predicted molar refractivity (Wildman–Crippen MR) is 120 cm³/mol. The summed E-state index contributed by atoms with van der Waals surface area (Å²) in [6.07, 6.45) is 3.49. The van der Waals surface area contributed by atoms with E-state index in [1.807, 2.05) is 24.3 Å². The second kappa shape index (κ2) is 9.65. The molecule has 0 radical (unpaired) electrons. The molecule has 0 aliphatic carbocycles. The Morgan fingerprint density at radius 2 is 1.91 bits per heavy atom. The number of benzene rings is 2. The summed E-state index contributed by atoms with van der Waals surface area (Å²) in [6.45, 7) is 0.340. The molecule has 0 bridgehead atoms. The van der Waals surface area contributed by atoms with E-state index in [-0.39, 0.29) is 5.70 Å². The number of nitrogens with one attached hydrogen (secondary N) is 3. The number of carbonyl (C=O) groups excluding carboxylic acids is 2. The third-order valence-corrected chi connectivity index (χ3v) is 4.76. The van der Waals surface area contributed by atoms with Crippen molar-refractivity contribution in [1.82, 2.24) is 20.6 Å². The average molecular weight is 430 g/mol. The second-order valence-electron chi connectivity index (χ2n) is 6.96. The van der Waals surface area contributed by atoms with Gasteiger partial charge in [0, 0.05) is 24.6 Å². The van der Waals surface area contributed by atoms with Crippen molar-refractivity contribution < 1.29 is 18.7 Å². The van der Waals surface area contributed by atoms with E-state index < -0.39 is 11.8 Å². The average Bonchev–Trinajstić information content (AvgIpc) is 3.48. The Balaban J connectivity index is 1.43. The van der Waals surface area contributed by atoms with Crippen LogP contribution in [0.2, 0.25) is 0 Å². The highest BCUT2D eigenvalue weighted by Crippen LogP contribution is 2.13. The van der Waals surface area contributed by atoms with E-state index >= 15 is 0 Å². The van der Waals surface area contributed by atoms with Crippen LogP contribution in [0.1, 0.15) is 21.9 Å². The van der Waals surface area contributed by atoms with Crippen LogP contribution in [0, 0.1) is 0 Å². The number of carbonyl (C=O) groups is 2. The van der Waals surface area contributed by atoms with Gasteiger partial charge in [-0.1, -0.05) is 12.1 Å². The van der Waals surface area contributed by atoms with Gasteiger partial charge in [0.15, 0.2) is 0 Å². The Labute approximate surface area is 184 Å². The number of H-pyrrole nitrogens is 1. The summed E-state index contributed by atoms with van der Waals surface area (Å²) in [7, 11) is 1.55. The summed E-state index contributed by atoms with van der Waals surface area (Å²) in [4.78, 5) is 33.2. The van der Waals surface area contributed by atoms with Gasteiger partial charge in [-0.3, -0.25) is 9.59 Å². The Kier molecular flexibility index (Phi) is 6.31.